The molecule has 1 saturated heterocycles. The number of ether oxygens (including phenoxy) is 1. The molecule has 0 saturated carbocycles. The van der Waals surface area contributed by atoms with Crippen LogP contribution >= 0.6 is 0 Å². The number of nitrogens with zero attached hydrogens (tertiary/aromatic N) is 3. The number of morpholine rings is 1. The molecule has 2 aromatic rings. The van der Waals surface area contributed by atoms with Crippen molar-refractivity contribution in [3.8, 4) is 11.4 Å². The Hall–Kier alpha value is -2.18. The van der Waals surface area contributed by atoms with Crippen molar-refractivity contribution in [1.29, 1.82) is 0 Å². The largest absolute Gasteiger partial charge is 0.379 e. The average Bonchev–Trinajstić information content (AvgIpc) is 2.93. The minimum absolute atomic E-state index is 0.0326. The Morgan fingerprint density at radius 3 is 2.71 bits per heavy atom. The number of aromatic nitrogens is 2. The molecule has 6 nitrogen and oxygen atoms in total. The first-order valence-corrected chi connectivity index (χ1v) is 10.6. The van der Waals surface area contributed by atoms with Crippen molar-refractivity contribution in [2.24, 2.45) is 0 Å². The zero-order chi connectivity index (χ0) is 19.2. The van der Waals surface area contributed by atoms with Crippen LogP contribution in [0.25, 0.3) is 11.4 Å². The highest BCUT2D eigenvalue weighted by Crippen LogP contribution is 2.27. The highest BCUT2D eigenvalue weighted by molar-refractivity contribution is 5.94. The molecule has 0 aliphatic carbocycles. The van der Waals surface area contributed by atoms with Gasteiger partial charge in [-0.05, 0) is 32.2 Å². The van der Waals surface area contributed by atoms with E-state index in [-0.39, 0.29) is 5.91 Å². The Morgan fingerprint density at radius 1 is 1.07 bits per heavy atom. The smallest absolute Gasteiger partial charge is 0.271 e. The lowest BCUT2D eigenvalue weighted by Gasteiger charge is -2.26. The molecule has 150 valence electrons. The third-order valence-electron chi connectivity index (χ3n) is 5.66. The summed E-state index contributed by atoms with van der Waals surface area (Å²) in [6, 6.07) is 10.2. The number of imidazole rings is 1. The van der Waals surface area contributed by atoms with Gasteiger partial charge in [0.15, 0.2) is 0 Å². The molecule has 1 aromatic carbocycles. The van der Waals surface area contributed by atoms with Crippen molar-refractivity contribution >= 4 is 5.91 Å². The van der Waals surface area contributed by atoms with Gasteiger partial charge in [0.25, 0.3) is 5.91 Å². The van der Waals surface area contributed by atoms with Gasteiger partial charge in [0.05, 0.1) is 18.9 Å². The van der Waals surface area contributed by atoms with Crippen LogP contribution in [0.15, 0.2) is 30.3 Å². The molecule has 6 heteroatoms. The lowest BCUT2D eigenvalue weighted by molar-refractivity contribution is 0.0374. The predicted octanol–water partition coefficient (Wildman–Crippen LogP) is 2.73. The molecule has 1 N–H and O–H groups in total. The molecule has 0 unspecified atom stereocenters. The van der Waals surface area contributed by atoms with Crippen LogP contribution in [0.2, 0.25) is 0 Å². The second-order valence-electron chi connectivity index (χ2n) is 7.62. The van der Waals surface area contributed by atoms with Crippen molar-refractivity contribution in [2.45, 2.75) is 38.6 Å². The van der Waals surface area contributed by atoms with E-state index in [1.165, 1.54) is 6.42 Å². The molecular weight excluding hydrogens is 352 g/mol. The Kier molecular flexibility index (Phi) is 6.39. The SMILES string of the molecule is O=C(NCCCN1CCOCC1)c1nc(-c2ccccc2)n2c1CCCCC2. The number of nitrogens with one attached hydrogen (secondary N) is 1. The fourth-order valence-electron chi connectivity index (χ4n) is 4.12. The number of benzene rings is 1. The quantitative estimate of drug-likeness (QED) is 0.781. The summed E-state index contributed by atoms with van der Waals surface area (Å²) < 4.78 is 7.65. The van der Waals surface area contributed by atoms with E-state index in [9.17, 15) is 4.79 Å². The van der Waals surface area contributed by atoms with E-state index in [2.05, 4.69) is 26.9 Å². The second-order valence-corrected chi connectivity index (χ2v) is 7.62. The summed E-state index contributed by atoms with van der Waals surface area (Å²) in [4.78, 5) is 20.1. The Labute approximate surface area is 166 Å². The molecule has 0 spiro atoms. The summed E-state index contributed by atoms with van der Waals surface area (Å²) in [5.74, 6) is 0.894. The van der Waals surface area contributed by atoms with Crippen molar-refractivity contribution in [1.82, 2.24) is 19.8 Å². The van der Waals surface area contributed by atoms with E-state index in [1.807, 2.05) is 18.2 Å². The van der Waals surface area contributed by atoms with Crippen LogP contribution in [0, 0.1) is 0 Å². The fraction of sp³-hybridized carbons (Fsp3) is 0.545. The van der Waals surface area contributed by atoms with Crippen molar-refractivity contribution in [2.75, 3.05) is 39.4 Å². The van der Waals surface area contributed by atoms with E-state index >= 15 is 0 Å². The maximum absolute atomic E-state index is 12.9. The van der Waals surface area contributed by atoms with Gasteiger partial charge in [-0.2, -0.15) is 0 Å². The molecule has 2 aliphatic rings. The number of hydrogen-bond donors (Lipinski definition) is 1. The molecule has 2 aliphatic heterocycles. The first-order valence-electron chi connectivity index (χ1n) is 10.6. The second kappa shape index (κ2) is 9.34. The summed E-state index contributed by atoms with van der Waals surface area (Å²) in [6.45, 7) is 6.23. The van der Waals surface area contributed by atoms with Crippen LogP contribution in [0.4, 0.5) is 0 Å². The minimum atomic E-state index is -0.0326. The van der Waals surface area contributed by atoms with Gasteiger partial charge in [0.1, 0.15) is 11.5 Å². The molecule has 0 bridgehead atoms. The number of carbonyl (C=O) groups is 1. The Balaban J connectivity index is 1.44. The van der Waals surface area contributed by atoms with Crippen molar-refractivity contribution < 1.29 is 9.53 Å². The van der Waals surface area contributed by atoms with E-state index in [0.717, 1.165) is 82.2 Å². The fourth-order valence-corrected chi connectivity index (χ4v) is 4.12. The van der Waals surface area contributed by atoms with Crippen LogP contribution in [-0.2, 0) is 17.7 Å². The standard InChI is InChI=1S/C22H30N4O2/c27-22(23-11-7-12-25-14-16-28-17-15-25)20-19-10-5-2-6-13-26(19)21(24-20)18-8-3-1-4-9-18/h1,3-4,8-9H,2,5-7,10-17H2,(H,23,27). The number of rotatable bonds is 6. The van der Waals surface area contributed by atoms with Crippen molar-refractivity contribution in [3.63, 3.8) is 0 Å². The molecular formula is C22H30N4O2. The number of fused-ring (bicyclic) bond motifs is 1. The Bertz CT molecular complexity index is 781. The number of hydrogen-bond acceptors (Lipinski definition) is 4. The molecule has 1 amide bonds. The van der Waals surface area contributed by atoms with E-state index in [0.29, 0.717) is 12.2 Å². The van der Waals surface area contributed by atoms with Crippen molar-refractivity contribution in [3.05, 3.63) is 41.7 Å². The van der Waals surface area contributed by atoms with Gasteiger partial charge in [-0.1, -0.05) is 36.8 Å². The van der Waals surface area contributed by atoms with Gasteiger partial charge in [0.2, 0.25) is 0 Å². The summed E-state index contributed by atoms with van der Waals surface area (Å²) >= 11 is 0. The maximum atomic E-state index is 12.9. The molecule has 1 aromatic heterocycles. The minimum Gasteiger partial charge on any atom is -0.379 e. The third-order valence-corrected chi connectivity index (χ3v) is 5.66. The molecule has 28 heavy (non-hydrogen) atoms. The van der Waals surface area contributed by atoms with Crippen LogP contribution < -0.4 is 5.32 Å². The summed E-state index contributed by atoms with van der Waals surface area (Å²) in [5, 5.41) is 3.10. The van der Waals surface area contributed by atoms with Gasteiger partial charge in [-0.25, -0.2) is 4.98 Å². The molecule has 4 rings (SSSR count). The monoisotopic (exact) mass is 382 g/mol. The predicted molar refractivity (Wildman–Crippen MR) is 109 cm³/mol. The Morgan fingerprint density at radius 2 is 1.89 bits per heavy atom. The van der Waals surface area contributed by atoms with Crippen LogP contribution in [-0.4, -0.2) is 59.8 Å². The zero-order valence-corrected chi connectivity index (χ0v) is 16.5. The average molecular weight is 383 g/mol. The van der Waals surface area contributed by atoms with Crippen LogP contribution in [0.3, 0.4) is 0 Å². The van der Waals surface area contributed by atoms with Crippen LogP contribution in [0.1, 0.15) is 41.9 Å². The molecule has 0 atom stereocenters. The first kappa shape index (κ1) is 19.2. The van der Waals surface area contributed by atoms with Crippen LogP contribution in [0.5, 0.6) is 0 Å². The van der Waals surface area contributed by atoms with E-state index < -0.39 is 0 Å². The topological polar surface area (TPSA) is 59.4 Å². The number of amides is 1. The lowest BCUT2D eigenvalue weighted by atomic mass is 10.1. The summed E-state index contributed by atoms with van der Waals surface area (Å²) in [7, 11) is 0. The molecule has 0 radical (unpaired) electrons. The van der Waals surface area contributed by atoms with Gasteiger partial charge >= 0.3 is 0 Å². The zero-order valence-electron chi connectivity index (χ0n) is 16.5. The maximum Gasteiger partial charge on any atom is 0.271 e. The lowest BCUT2D eigenvalue weighted by Crippen LogP contribution is -2.38. The van der Waals surface area contributed by atoms with Gasteiger partial charge in [-0.15, -0.1) is 0 Å². The summed E-state index contributed by atoms with van der Waals surface area (Å²) in [5.41, 5.74) is 2.80. The number of carbonyl (C=O) groups excluding carboxylic acids is 1. The van der Waals surface area contributed by atoms with Gasteiger partial charge in [-0.3, -0.25) is 9.69 Å². The first-order chi connectivity index (χ1) is 13.8. The highest BCUT2D eigenvalue weighted by Gasteiger charge is 2.24. The van der Waals surface area contributed by atoms with E-state index in [1.54, 1.807) is 0 Å². The van der Waals surface area contributed by atoms with Gasteiger partial charge in [0, 0.05) is 31.7 Å². The highest BCUT2D eigenvalue weighted by atomic mass is 16.5. The summed E-state index contributed by atoms with van der Waals surface area (Å²) in [6.07, 6.45) is 5.35. The normalized spacial score (nSPS) is 17.7. The van der Waals surface area contributed by atoms with Gasteiger partial charge < -0.3 is 14.6 Å². The third kappa shape index (κ3) is 4.45. The van der Waals surface area contributed by atoms with E-state index in [4.69, 9.17) is 9.72 Å². The molecule has 1 fully saturated rings. The molecule has 3 heterocycles.